The van der Waals surface area contributed by atoms with E-state index in [9.17, 15) is 9.90 Å². The molecule has 7 heteroatoms. The standard InChI is InChI=1S/C19H12BrN3O3/c20-11-5-6-15-13(9-11)17(14(10-22-15)18-21-7-8-26-18)23-16-4-2-1-3-12(16)19(24)25/h1-10H,(H,22,23)(H,24,25). The molecule has 0 aliphatic heterocycles. The van der Waals surface area contributed by atoms with Crippen LogP contribution in [0.5, 0.6) is 0 Å². The number of benzene rings is 2. The lowest BCUT2D eigenvalue weighted by Crippen LogP contribution is -2.04. The molecule has 4 aromatic rings. The fourth-order valence-corrected chi connectivity index (χ4v) is 3.09. The lowest BCUT2D eigenvalue weighted by atomic mass is 10.1. The molecule has 26 heavy (non-hydrogen) atoms. The van der Waals surface area contributed by atoms with Crippen LogP contribution in [0.4, 0.5) is 11.4 Å². The second-order valence-electron chi connectivity index (χ2n) is 5.52. The van der Waals surface area contributed by atoms with E-state index in [4.69, 9.17) is 4.42 Å². The van der Waals surface area contributed by atoms with E-state index in [0.29, 0.717) is 22.8 Å². The normalized spacial score (nSPS) is 10.8. The molecular weight excluding hydrogens is 398 g/mol. The molecule has 0 radical (unpaired) electrons. The predicted octanol–water partition coefficient (Wildman–Crippen LogP) is 5.09. The largest absolute Gasteiger partial charge is 0.478 e. The van der Waals surface area contributed by atoms with Crippen molar-refractivity contribution in [3.63, 3.8) is 0 Å². The number of hydrogen-bond donors (Lipinski definition) is 2. The molecule has 0 spiro atoms. The number of pyridine rings is 1. The van der Waals surface area contributed by atoms with E-state index in [-0.39, 0.29) is 5.56 Å². The summed E-state index contributed by atoms with van der Waals surface area (Å²) in [5.74, 6) is -0.611. The van der Waals surface area contributed by atoms with E-state index in [1.54, 1.807) is 36.7 Å². The van der Waals surface area contributed by atoms with Gasteiger partial charge in [-0.05, 0) is 30.3 Å². The average molecular weight is 410 g/mol. The SMILES string of the molecule is O=C(O)c1ccccc1Nc1c(-c2ncco2)cnc2ccc(Br)cc12. The molecule has 0 fully saturated rings. The van der Waals surface area contributed by atoms with Gasteiger partial charge in [-0.25, -0.2) is 9.78 Å². The number of para-hydroxylation sites is 1. The number of anilines is 2. The lowest BCUT2D eigenvalue weighted by molar-refractivity contribution is 0.0698. The van der Waals surface area contributed by atoms with Crippen LogP contribution in [0.1, 0.15) is 10.4 Å². The first-order chi connectivity index (χ1) is 12.6. The fourth-order valence-electron chi connectivity index (χ4n) is 2.73. The summed E-state index contributed by atoms with van der Waals surface area (Å²) in [6.45, 7) is 0. The minimum absolute atomic E-state index is 0.172. The summed E-state index contributed by atoms with van der Waals surface area (Å²) in [7, 11) is 0. The molecule has 0 saturated carbocycles. The molecule has 0 bridgehead atoms. The van der Waals surface area contributed by atoms with Crippen LogP contribution in [-0.4, -0.2) is 21.0 Å². The van der Waals surface area contributed by atoms with Gasteiger partial charge >= 0.3 is 5.97 Å². The number of nitrogens with zero attached hydrogens (tertiary/aromatic N) is 2. The van der Waals surface area contributed by atoms with Crippen molar-refractivity contribution >= 4 is 44.2 Å². The second-order valence-corrected chi connectivity index (χ2v) is 6.44. The van der Waals surface area contributed by atoms with Crippen LogP contribution in [0, 0.1) is 0 Å². The molecule has 2 N–H and O–H groups in total. The average Bonchev–Trinajstić information content (AvgIpc) is 3.17. The lowest BCUT2D eigenvalue weighted by Gasteiger charge is -2.15. The summed E-state index contributed by atoms with van der Waals surface area (Å²) in [5.41, 5.74) is 2.72. The summed E-state index contributed by atoms with van der Waals surface area (Å²) in [5, 5.41) is 13.5. The summed E-state index contributed by atoms with van der Waals surface area (Å²) < 4.78 is 6.32. The maximum absolute atomic E-state index is 11.6. The van der Waals surface area contributed by atoms with Crippen molar-refractivity contribution in [1.29, 1.82) is 0 Å². The molecular formula is C19H12BrN3O3. The Morgan fingerprint density at radius 2 is 2.00 bits per heavy atom. The highest BCUT2D eigenvalue weighted by Crippen LogP contribution is 2.36. The van der Waals surface area contributed by atoms with Gasteiger partial charge in [-0.3, -0.25) is 4.98 Å². The highest BCUT2D eigenvalue weighted by atomic mass is 79.9. The summed E-state index contributed by atoms with van der Waals surface area (Å²) in [6.07, 6.45) is 4.69. The number of carbonyl (C=O) groups is 1. The number of carboxylic acid groups (broad SMARTS) is 1. The van der Waals surface area contributed by atoms with Gasteiger partial charge in [-0.2, -0.15) is 0 Å². The van der Waals surface area contributed by atoms with E-state index in [1.165, 1.54) is 6.26 Å². The van der Waals surface area contributed by atoms with Gasteiger partial charge in [0, 0.05) is 16.1 Å². The molecule has 2 aromatic heterocycles. The molecule has 0 unspecified atom stereocenters. The second kappa shape index (κ2) is 6.61. The van der Waals surface area contributed by atoms with Gasteiger partial charge in [0.05, 0.1) is 34.2 Å². The van der Waals surface area contributed by atoms with Crippen LogP contribution < -0.4 is 5.32 Å². The summed E-state index contributed by atoms with van der Waals surface area (Å²) in [6, 6.07) is 12.4. The summed E-state index contributed by atoms with van der Waals surface area (Å²) in [4.78, 5) is 20.2. The first kappa shape index (κ1) is 16.3. The van der Waals surface area contributed by atoms with Gasteiger partial charge in [0.1, 0.15) is 6.26 Å². The van der Waals surface area contributed by atoms with E-state index in [1.807, 2.05) is 18.2 Å². The quantitative estimate of drug-likeness (QED) is 0.487. The van der Waals surface area contributed by atoms with Gasteiger partial charge in [0.2, 0.25) is 5.89 Å². The van der Waals surface area contributed by atoms with Gasteiger partial charge in [0.25, 0.3) is 0 Å². The number of hydrogen-bond acceptors (Lipinski definition) is 5. The Hall–Kier alpha value is -3.19. The van der Waals surface area contributed by atoms with E-state index >= 15 is 0 Å². The number of rotatable bonds is 4. The zero-order valence-corrected chi connectivity index (χ0v) is 14.9. The van der Waals surface area contributed by atoms with Crippen LogP contribution in [0.3, 0.4) is 0 Å². The Balaban J connectivity index is 1.96. The molecule has 128 valence electrons. The molecule has 2 aromatic carbocycles. The smallest absolute Gasteiger partial charge is 0.337 e. The number of halogens is 1. The minimum atomic E-state index is -1.01. The molecule has 6 nitrogen and oxygen atoms in total. The van der Waals surface area contributed by atoms with Gasteiger partial charge in [-0.1, -0.05) is 28.1 Å². The Labute approximate surface area is 156 Å². The van der Waals surface area contributed by atoms with E-state index < -0.39 is 5.97 Å². The van der Waals surface area contributed by atoms with Crippen molar-refractivity contribution in [1.82, 2.24) is 9.97 Å². The predicted molar refractivity (Wildman–Crippen MR) is 102 cm³/mol. The molecule has 0 saturated heterocycles. The Morgan fingerprint density at radius 3 is 2.77 bits per heavy atom. The van der Waals surface area contributed by atoms with Crippen molar-refractivity contribution in [2.45, 2.75) is 0 Å². The van der Waals surface area contributed by atoms with Gasteiger partial charge in [0.15, 0.2) is 0 Å². The minimum Gasteiger partial charge on any atom is -0.478 e. The van der Waals surface area contributed by atoms with E-state index in [0.717, 1.165) is 15.4 Å². The van der Waals surface area contributed by atoms with Crippen LogP contribution in [0.25, 0.3) is 22.4 Å². The van der Waals surface area contributed by atoms with Crippen molar-refractivity contribution < 1.29 is 14.3 Å². The van der Waals surface area contributed by atoms with Crippen molar-refractivity contribution in [3.8, 4) is 11.5 Å². The highest BCUT2D eigenvalue weighted by Gasteiger charge is 2.17. The van der Waals surface area contributed by atoms with Crippen molar-refractivity contribution in [2.24, 2.45) is 0 Å². The molecule has 2 heterocycles. The first-order valence-corrected chi connectivity index (χ1v) is 8.50. The highest BCUT2D eigenvalue weighted by molar-refractivity contribution is 9.10. The molecule has 0 aliphatic carbocycles. The molecule has 0 atom stereocenters. The number of fused-ring (bicyclic) bond motifs is 1. The maximum Gasteiger partial charge on any atom is 0.337 e. The van der Waals surface area contributed by atoms with Gasteiger partial charge in [-0.15, -0.1) is 0 Å². The topological polar surface area (TPSA) is 88.2 Å². The third-order valence-corrected chi connectivity index (χ3v) is 4.40. The molecule has 0 amide bonds. The molecule has 0 aliphatic rings. The van der Waals surface area contributed by atoms with Crippen molar-refractivity contribution in [2.75, 3.05) is 5.32 Å². The van der Waals surface area contributed by atoms with Crippen LogP contribution >= 0.6 is 15.9 Å². The number of aromatic nitrogens is 2. The number of aromatic carboxylic acids is 1. The monoisotopic (exact) mass is 409 g/mol. The summed E-state index contributed by atoms with van der Waals surface area (Å²) >= 11 is 3.47. The molecule has 4 rings (SSSR count). The zero-order valence-electron chi connectivity index (χ0n) is 13.3. The fraction of sp³-hybridized carbons (Fsp3) is 0. The Morgan fingerprint density at radius 1 is 1.15 bits per heavy atom. The van der Waals surface area contributed by atoms with Crippen LogP contribution in [0.2, 0.25) is 0 Å². The Kier molecular flexibility index (Phi) is 4.14. The maximum atomic E-state index is 11.6. The van der Waals surface area contributed by atoms with Crippen LogP contribution in [-0.2, 0) is 0 Å². The number of carboxylic acids is 1. The zero-order chi connectivity index (χ0) is 18.1. The van der Waals surface area contributed by atoms with Gasteiger partial charge < -0.3 is 14.8 Å². The van der Waals surface area contributed by atoms with Crippen LogP contribution in [0.15, 0.2) is 70.0 Å². The Bertz CT molecular complexity index is 1110. The first-order valence-electron chi connectivity index (χ1n) is 7.71. The van der Waals surface area contributed by atoms with Crippen molar-refractivity contribution in [3.05, 3.63) is 71.2 Å². The number of nitrogens with one attached hydrogen (secondary N) is 1. The van der Waals surface area contributed by atoms with E-state index in [2.05, 4.69) is 31.2 Å². The third-order valence-electron chi connectivity index (χ3n) is 3.91. The third kappa shape index (κ3) is 2.93. The number of oxazole rings is 1.